The molecule has 2 aromatic carbocycles. The van der Waals surface area contributed by atoms with Crippen LogP contribution in [-0.2, 0) is 20.7 Å². The quantitative estimate of drug-likeness (QED) is 0.302. The fourth-order valence-corrected chi connectivity index (χ4v) is 5.95. The number of urea groups is 1. The Balaban J connectivity index is 1.33. The number of amides is 4. The summed E-state index contributed by atoms with van der Waals surface area (Å²) in [6, 6.07) is 11.6. The van der Waals surface area contributed by atoms with Crippen LogP contribution in [0.1, 0.15) is 44.1 Å². The van der Waals surface area contributed by atoms with Gasteiger partial charge < -0.3 is 20.1 Å². The number of ether oxygens (including phenoxy) is 2. The molecule has 2 heterocycles. The monoisotopic (exact) mass is 550 g/mol. The zero-order chi connectivity index (χ0) is 27.4. The summed E-state index contributed by atoms with van der Waals surface area (Å²) in [7, 11) is 1.18. The molecule has 1 aliphatic carbocycles. The highest BCUT2D eigenvalue weighted by Gasteiger charge is 2.45. The Morgan fingerprint density at radius 3 is 2.67 bits per heavy atom. The highest BCUT2D eigenvalue weighted by Crippen LogP contribution is 2.31. The predicted octanol–water partition coefficient (Wildman–Crippen LogP) is 4.88. The summed E-state index contributed by atoms with van der Waals surface area (Å²) in [5.41, 5.74) is 0.920. The molecule has 2 aliphatic rings. The van der Waals surface area contributed by atoms with E-state index < -0.39 is 36.1 Å². The molecule has 1 aromatic heterocycles. The Morgan fingerprint density at radius 1 is 1.13 bits per heavy atom. The molecule has 1 aliphatic heterocycles. The molecule has 0 spiro atoms. The van der Waals surface area contributed by atoms with E-state index in [2.05, 4.69) is 20.4 Å². The molecule has 1 saturated heterocycles. The number of anilines is 1. The number of hydrogen-bond acceptors (Lipinski definition) is 8. The second-order valence-electron chi connectivity index (χ2n) is 9.89. The Hall–Kier alpha value is -3.99. The minimum Gasteiger partial charge on any atom is -0.437 e. The van der Waals surface area contributed by atoms with Crippen LogP contribution in [0.15, 0.2) is 47.8 Å². The number of carbonyl (C=O) groups excluding carboxylic acids is 4. The van der Waals surface area contributed by atoms with Gasteiger partial charge in [-0.05, 0) is 28.7 Å². The maximum atomic E-state index is 13.6. The summed E-state index contributed by atoms with van der Waals surface area (Å²) in [5, 5.41) is 9.29. The summed E-state index contributed by atoms with van der Waals surface area (Å²) in [6.45, 7) is 0. The number of rotatable bonds is 8. The second kappa shape index (κ2) is 11.8. The van der Waals surface area contributed by atoms with Crippen molar-refractivity contribution in [2.75, 3.05) is 12.4 Å². The molecule has 0 unspecified atom stereocenters. The topological polar surface area (TPSA) is 127 Å². The van der Waals surface area contributed by atoms with Gasteiger partial charge in [0.1, 0.15) is 12.1 Å². The van der Waals surface area contributed by atoms with E-state index in [0.29, 0.717) is 12.8 Å². The number of nitrogens with one attached hydrogen (secondary N) is 2. The first-order chi connectivity index (χ1) is 18.9. The highest BCUT2D eigenvalue weighted by atomic mass is 32.1. The lowest BCUT2D eigenvalue weighted by Crippen LogP contribution is -2.49. The third-order valence-electron chi connectivity index (χ3n) is 7.27. The SMILES string of the molecule is COC(=O)Oc1csc(NC(=O)[C@H](CC2CCCCC2)N2C(=O)N[C@@H](Cc3ccc4ccccc4c3)C2=O)n1. The summed E-state index contributed by atoms with van der Waals surface area (Å²) in [6.07, 6.45) is 4.94. The van der Waals surface area contributed by atoms with Gasteiger partial charge in [0.05, 0.1) is 12.5 Å². The van der Waals surface area contributed by atoms with E-state index in [1.54, 1.807) is 0 Å². The summed E-state index contributed by atoms with van der Waals surface area (Å²) in [5.74, 6) is -0.715. The Labute approximate surface area is 229 Å². The number of methoxy groups -OCH3 is 1. The lowest BCUT2D eigenvalue weighted by atomic mass is 9.84. The summed E-state index contributed by atoms with van der Waals surface area (Å²) in [4.78, 5) is 56.7. The van der Waals surface area contributed by atoms with Crippen LogP contribution in [0.3, 0.4) is 0 Å². The molecule has 4 amide bonds. The third-order valence-corrected chi connectivity index (χ3v) is 8.01. The lowest BCUT2D eigenvalue weighted by molar-refractivity contribution is -0.134. The van der Waals surface area contributed by atoms with E-state index in [9.17, 15) is 19.2 Å². The van der Waals surface area contributed by atoms with Gasteiger partial charge in [-0.15, -0.1) is 11.3 Å². The fraction of sp³-hybridized carbons (Fsp3) is 0.393. The van der Waals surface area contributed by atoms with Crippen LogP contribution in [0.5, 0.6) is 5.88 Å². The molecule has 10 nitrogen and oxygen atoms in total. The van der Waals surface area contributed by atoms with Gasteiger partial charge >= 0.3 is 12.2 Å². The van der Waals surface area contributed by atoms with Crippen molar-refractivity contribution in [3.05, 3.63) is 53.4 Å². The van der Waals surface area contributed by atoms with Crippen molar-refractivity contribution in [2.24, 2.45) is 5.92 Å². The van der Waals surface area contributed by atoms with Crippen molar-refractivity contribution in [2.45, 2.75) is 57.0 Å². The number of thiazole rings is 1. The number of imide groups is 1. The van der Waals surface area contributed by atoms with Gasteiger partial charge in [-0.1, -0.05) is 74.6 Å². The predicted molar refractivity (Wildman–Crippen MR) is 146 cm³/mol. The Bertz CT molecular complexity index is 1390. The molecule has 0 bridgehead atoms. The minimum absolute atomic E-state index is 0.0172. The molecule has 39 heavy (non-hydrogen) atoms. The number of nitrogens with zero attached hydrogens (tertiary/aromatic N) is 2. The maximum Gasteiger partial charge on any atom is 0.514 e. The van der Waals surface area contributed by atoms with Crippen molar-refractivity contribution in [3.8, 4) is 5.88 Å². The lowest BCUT2D eigenvalue weighted by Gasteiger charge is -2.30. The van der Waals surface area contributed by atoms with Crippen molar-refractivity contribution in [3.63, 3.8) is 0 Å². The van der Waals surface area contributed by atoms with Crippen LogP contribution in [0.25, 0.3) is 10.8 Å². The zero-order valence-corrected chi connectivity index (χ0v) is 22.4. The van der Waals surface area contributed by atoms with Crippen molar-refractivity contribution >= 4 is 51.2 Å². The molecule has 2 N–H and O–H groups in total. The molecular weight excluding hydrogens is 520 g/mol. The average molecular weight is 551 g/mol. The van der Waals surface area contributed by atoms with E-state index in [0.717, 1.165) is 64.7 Å². The van der Waals surface area contributed by atoms with Crippen molar-refractivity contribution in [1.29, 1.82) is 0 Å². The summed E-state index contributed by atoms with van der Waals surface area (Å²) < 4.78 is 9.36. The first-order valence-electron chi connectivity index (χ1n) is 13.0. The van der Waals surface area contributed by atoms with Gasteiger partial charge in [0.25, 0.3) is 5.91 Å². The minimum atomic E-state index is -0.990. The van der Waals surface area contributed by atoms with E-state index in [1.165, 1.54) is 12.5 Å². The van der Waals surface area contributed by atoms with E-state index in [-0.39, 0.29) is 16.9 Å². The average Bonchev–Trinajstić information content (AvgIpc) is 3.49. The molecule has 11 heteroatoms. The fourth-order valence-electron chi connectivity index (χ4n) is 5.33. The normalized spacial score (nSPS) is 18.6. The van der Waals surface area contributed by atoms with Crippen LogP contribution in [0, 0.1) is 5.92 Å². The van der Waals surface area contributed by atoms with Gasteiger partial charge in [0.15, 0.2) is 5.13 Å². The van der Waals surface area contributed by atoms with Crippen LogP contribution in [-0.4, -0.2) is 53.1 Å². The molecule has 1 saturated carbocycles. The second-order valence-corrected chi connectivity index (χ2v) is 10.7. The number of fused-ring (bicyclic) bond motifs is 1. The molecular formula is C28H30N4O6S. The van der Waals surface area contributed by atoms with Gasteiger partial charge in [0.2, 0.25) is 11.8 Å². The van der Waals surface area contributed by atoms with Crippen LogP contribution < -0.4 is 15.4 Å². The van der Waals surface area contributed by atoms with Crippen LogP contribution in [0.2, 0.25) is 0 Å². The molecule has 3 aromatic rings. The van der Waals surface area contributed by atoms with E-state index in [1.807, 2.05) is 42.5 Å². The third kappa shape index (κ3) is 6.19. The largest absolute Gasteiger partial charge is 0.514 e. The Morgan fingerprint density at radius 2 is 1.90 bits per heavy atom. The molecule has 204 valence electrons. The van der Waals surface area contributed by atoms with Gasteiger partial charge in [-0.2, -0.15) is 4.98 Å². The molecule has 0 radical (unpaired) electrons. The number of aromatic nitrogens is 1. The van der Waals surface area contributed by atoms with Gasteiger partial charge in [-0.3, -0.25) is 9.59 Å². The van der Waals surface area contributed by atoms with Gasteiger partial charge in [0, 0.05) is 6.42 Å². The standard InChI is InChI=1S/C28H30N4O6S/c1-37-28(36)38-23-16-39-26(30-23)31-24(33)22(15-17-7-3-2-4-8-17)32-25(34)21(29-27(32)35)14-18-11-12-19-9-5-6-10-20(19)13-18/h5-6,9-13,16-17,21-22H,2-4,7-8,14-15H2,1H3,(H,29,35)(H,30,31,33)/t21-,22-/m0/s1. The Kier molecular flexibility index (Phi) is 8.06. The smallest absolute Gasteiger partial charge is 0.437 e. The van der Waals surface area contributed by atoms with Crippen molar-refractivity contribution < 1.29 is 28.7 Å². The number of benzene rings is 2. The molecule has 2 fully saturated rings. The molecule has 5 rings (SSSR count). The maximum absolute atomic E-state index is 13.6. The van der Waals surface area contributed by atoms with E-state index in [4.69, 9.17) is 4.74 Å². The van der Waals surface area contributed by atoms with Crippen LogP contribution >= 0.6 is 11.3 Å². The number of hydrogen-bond donors (Lipinski definition) is 2. The van der Waals surface area contributed by atoms with Gasteiger partial charge in [-0.25, -0.2) is 14.5 Å². The first kappa shape index (κ1) is 26.6. The highest BCUT2D eigenvalue weighted by molar-refractivity contribution is 7.14. The van der Waals surface area contributed by atoms with Crippen molar-refractivity contribution in [1.82, 2.24) is 15.2 Å². The van der Waals surface area contributed by atoms with E-state index >= 15 is 0 Å². The molecule has 2 atom stereocenters. The first-order valence-corrected chi connectivity index (χ1v) is 13.9. The number of carbonyl (C=O) groups is 4. The zero-order valence-electron chi connectivity index (χ0n) is 21.6. The van der Waals surface area contributed by atoms with Crippen LogP contribution in [0.4, 0.5) is 14.7 Å². The summed E-state index contributed by atoms with van der Waals surface area (Å²) >= 11 is 1.06.